The van der Waals surface area contributed by atoms with Gasteiger partial charge in [0.25, 0.3) is 0 Å². The zero-order valence-corrected chi connectivity index (χ0v) is 12.5. The maximum absolute atomic E-state index is 12.5. The summed E-state index contributed by atoms with van der Waals surface area (Å²) >= 11 is 0. The maximum atomic E-state index is 12.5. The first-order chi connectivity index (χ1) is 10.7. The van der Waals surface area contributed by atoms with Gasteiger partial charge in [-0.25, -0.2) is 0 Å². The highest BCUT2D eigenvalue weighted by Gasteiger charge is 2.22. The van der Waals surface area contributed by atoms with Gasteiger partial charge in [0.2, 0.25) is 5.91 Å². The third kappa shape index (κ3) is 3.22. The van der Waals surface area contributed by atoms with E-state index in [-0.39, 0.29) is 5.91 Å². The van der Waals surface area contributed by atoms with Crippen molar-refractivity contribution in [3.8, 4) is 5.75 Å². The Morgan fingerprint density at radius 2 is 2.00 bits per heavy atom. The number of rotatable bonds is 4. The lowest BCUT2D eigenvalue weighted by Gasteiger charge is -2.29. The average Bonchev–Trinajstić information content (AvgIpc) is 2.55. The molecule has 0 bridgehead atoms. The van der Waals surface area contributed by atoms with E-state index in [1.54, 1.807) is 0 Å². The fraction of sp³-hybridized carbons (Fsp3) is 0.278. The van der Waals surface area contributed by atoms with Gasteiger partial charge >= 0.3 is 0 Å². The van der Waals surface area contributed by atoms with E-state index in [0.717, 1.165) is 42.1 Å². The van der Waals surface area contributed by atoms with Gasteiger partial charge in [-0.2, -0.15) is 0 Å². The predicted octanol–water partition coefficient (Wildman–Crippen LogP) is 3.02. The van der Waals surface area contributed by atoms with Crippen molar-refractivity contribution in [3.63, 3.8) is 0 Å². The number of hydrogen-bond donors (Lipinski definition) is 1. The number of nitrogen functional groups attached to an aromatic ring is 1. The first-order valence-corrected chi connectivity index (χ1v) is 7.60. The second kappa shape index (κ2) is 6.52. The highest BCUT2D eigenvalue weighted by Crippen LogP contribution is 2.29. The molecule has 2 aromatic rings. The Balaban J connectivity index is 1.62. The number of hydrogen-bond acceptors (Lipinski definition) is 3. The molecule has 1 heterocycles. The van der Waals surface area contributed by atoms with Crippen molar-refractivity contribution in [1.29, 1.82) is 0 Å². The fourth-order valence-electron chi connectivity index (χ4n) is 2.78. The Kier molecular flexibility index (Phi) is 4.28. The molecule has 22 heavy (non-hydrogen) atoms. The van der Waals surface area contributed by atoms with Crippen LogP contribution in [0.5, 0.6) is 5.75 Å². The molecule has 0 saturated heterocycles. The molecule has 4 nitrogen and oxygen atoms in total. The first-order valence-electron chi connectivity index (χ1n) is 7.60. The number of nitrogens with two attached hydrogens (primary N) is 1. The van der Waals surface area contributed by atoms with Gasteiger partial charge in [0, 0.05) is 17.9 Å². The van der Waals surface area contributed by atoms with Crippen molar-refractivity contribution in [1.82, 2.24) is 0 Å². The normalized spacial score (nSPS) is 13.5. The molecule has 1 amide bonds. The number of amides is 1. The topological polar surface area (TPSA) is 55.6 Å². The standard InChI is InChI=1S/C18H20N2O2/c19-15-8-9-17-14(13-15)5-4-11-20(17)18(21)10-12-22-16-6-2-1-3-7-16/h1-3,6-9,13H,4-5,10-12,19H2. The van der Waals surface area contributed by atoms with Gasteiger partial charge < -0.3 is 15.4 Å². The first kappa shape index (κ1) is 14.4. The number of nitrogens with zero attached hydrogens (tertiary/aromatic N) is 1. The lowest BCUT2D eigenvalue weighted by Crippen LogP contribution is -2.36. The number of ether oxygens (including phenoxy) is 1. The van der Waals surface area contributed by atoms with Crippen LogP contribution in [0, 0.1) is 0 Å². The van der Waals surface area contributed by atoms with Crippen LogP contribution >= 0.6 is 0 Å². The van der Waals surface area contributed by atoms with Gasteiger partial charge in [-0.1, -0.05) is 18.2 Å². The summed E-state index contributed by atoms with van der Waals surface area (Å²) in [5.41, 5.74) is 8.72. The molecular weight excluding hydrogens is 276 g/mol. The molecule has 0 aromatic heterocycles. The molecule has 3 rings (SSSR count). The van der Waals surface area contributed by atoms with E-state index in [9.17, 15) is 4.79 Å². The van der Waals surface area contributed by atoms with Crippen molar-refractivity contribution in [2.45, 2.75) is 19.3 Å². The van der Waals surface area contributed by atoms with Crippen LogP contribution in [-0.4, -0.2) is 19.1 Å². The van der Waals surface area contributed by atoms with Gasteiger partial charge in [0.1, 0.15) is 5.75 Å². The molecule has 114 valence electrons. The van der Waals surface area contributed by atoms with E-state index < -0.39 is 0 Å². The Morgan fingerprint density at radius 1 is 1.18 bits per heavy atom. The molecular formula is C18H20N2O2. The highest BCUT2D eigenvalue weighted by molar-refractivity contribution is 5.94. The molecule has 2 N–H and O–H groups in total. The smallest absolute Gasteiger partial charge is 0.230 e. The maximum Gasteiger partial charge on any atom is 0.230 e. The minimum absolute atomic E-state index is 0.0988. The summed E-state index contributed by atoms with van der Waals surface area (Å²) in [6, 6.07) is 15.3. The summed E-state index contributed by atoms with van der Waals surface area (Å²) in [6.45, 7) is 1.16. The summed E-state index contributed by atoms with van der Waals surface area (Å²) in [5, 5.41) is 0. The monoisotopic (exact) mass is 296 g/mol. The van der Waals surface area contributed by atoms with Gasteiger partial charge in [-0.3, -0.25) is 4.79 Å². The van der Waals surface area contributed by atoms with Crippen LogP contribution in [0.4, 0.5) is 11.4 Å². The zero-order valence-electron chi connectivity index (χ0n) is 12.5. The number of aryl methyl sites for hydroxylation is 1. The molecule has 0 aliphatic carbocycles. The molecule has 0 saturated carbocycles. The highest BCUT2D eigenvalue weighted by atomic mass is 16.5. The van der Waals surface area contributed by atoms with Crippen molar-refractivity contribution >= 4 is 17.3 Å². The van der Waals surface area contributed by atoms with Crippen LogP contribution in [0.1, 0.15) is 18.4 Å². The molecule has 0 unspecified atom stereocenters. The van der Waals surface area contributed by atoms with Crippen molar-refractivity contribution in [2.75, 3.05) is 23.8 Å². The lowest BCUT2D eigenvalue weighted by molar-refractivity contribution is -0.119. The Labute approximate surface area is 130 Å². The van der Waals surface area contributed by atoms with Crippen LogP contribution in [0.15, 0.2) is 48.5 Å². The third-order valence-corrected chi connectivity index (χ3v) is 3.85. The minimum atomic E-state index is 0.0988. The fourth-order valence-corrected chi connectivity index (χ4v) is 2.78. The van der Waals surface area contributed by atoms with Gasteiger partial charge in [0.05, 0.1) is 13.0 Å². The number of fused-ring (bicyclic) bond motifs is 1. The molecule has 1 aliphatic heterocycles. The molecule has 2 aromatic carbocycles. The van der Waals surface area contributed by atoms with Gasteiger partial charge in [-0.05, 0) is 48.7 Å². The molecule has 0 radical (unpaired) electrons. The summed E-state index contributed by atoms with van der Waals surface area (Å²) < 4.78 is 5.61. The number of carbonyl (C=O) groups excluding carboxylic acids is 1. The molecule has 1 aliphatic rings. The van der Waals surface area contributed by atoms with E-state index in [4.69, 9.17) is 10.5 Å². The van der Waals surface area contributed by atoms with Crippen LogP contribution < -0.4 is 15.4 Å². The average molecular weight is 296 g/mol. The van der Waals surface area contributed by atoms with Crippen LogP contribution in [0.2, 0.25) is 0 Å². The molecule has 0 spiro atoms. The number of benzene rings is 2. The number of carbonyl (C=O) groups is 1. The summed E-state index contributed by atoms with van der Waals surface area (Å²) in [5.74, 6) is 0.892. The zero-order chi connectivity index (χ0) is 15.4. The summed E-state index contributed by atoms with van der Waals surface area (Å²) in [4.78, 5) is 14.3. The summed E-state index contributed by atoms with van der Waals surface area (Å²) in [7, 11) is 0. The van der Waals surface area contributed by atoms with Crippen LogP contribution in [0.25, 0.3) is 0 Å². The minimum Gasteiger partial charge on any atom is -0.493 e. The SMILES string of the molecule is Nc1ccc2c(c1)CCCN2C(=O)CCOc1ccccc1. The Hall–Kier alpha value is -2.49. The quantitative estimate of drug-likeness (QED) is 0.882. The number of anilines is 2. The number of para-hydroxylation sites is 1. The summed E-state index contributed by atoms with van der Waals surface area (Å²) in [6.07, 6.45) is 2.32. The largest absolute Gasteiger partial charge is 0.493 e. The third-order valence-electron chi connectivity index (χ3n) is 3.85. The van der Waals surface area contributed by atoms with Crippen molar-refractivity contribution < 1.29 is 9.53 Å². The van der Waals surface area contributed by atoms with Crippen LogP contribution in [0.3, 0.4) is 0 Å². The molecule has 0 fully saturated rings. The van der Waals surface area contributed by atoms with Crippen LogP contribution in [-0.2, 0) is 11.2 Å². The second-order valence-corrected chi connectivity index (χ2v) is 5.45. The van der Waals surface area contributed by atoms with Crippen molar-refractivity contribution in [3.05, 3.63) is 54.1 Å². The van der Waals surface area contributed by atoms with Crippen molar-refractivity contribution in [2.24, 2.45) is 0 Å². The predicted molar refractivity (Wildman–Crippen MR) is 88.1 cm³/mol. The van der Waals surface area contributed by atoms with Gasteiger partial charge in [-0.15, -0.1) is 0 Å². The Bertz CT molecular complexity index is 655. The van der Waals surface area contributed by atoms with E-state index in [1.165, 1.54) is 0 Å². The molecule has 0 atom stereocenters. The van der Waals surface area contributed by atoms with E-state index in [1.807, 2.05) is 53.4 Å². The van der Waals surface area contributed by atoms with E-state index >= 15 is 0 Å². The van der Waals surface area contributed by atoms with E-state index in [0.29, 0.717) is 13.0 Å². The van der Waals surface area contributed by atoms with Gasteiger partial charge in [0.15, 0.2) is 0 Å². The Morgan fingerprint density at radius 3 is 2.82 bits per heavy atom. The second-order valence-electron chi connectivity index (χ2n) is 5.45. The van der Waals surface area contributed by atoms with E-state index in [2.05, 4.69) is 0 Å². The lowest BCUT2D eigenvalue weighted by atomic mass is 10.0. The molecule has 4 heteroatoms.